The third-order valence-corrected chi connectivity index (χ3v) is 6.30. The van der Waals surface area contributed by atoms with Gasteiger partial charge in [0.15, 0.2) is 0 Å². The summed E-state index contributed by atoms with van der Waals surface area (Å²) < 4.78 is 5.92. The molecule has 4 heterocycles. The van der Waals surface area contributed by atoms with Crippen LogP contribution in [0.15, 0.2) is 36.5 Å². The molecule has 0 spiro atoms. The Labute approximate surface area is 154 Å². The van der Waals surface area contributed by atoms with Crippen LogP contribution in [0.5, 0.6) is 0 Å². The number of pyridine rings is 1. The normalized spacial score (nSPS) is 23.0. The first-order valence-electron chi connectivity index (χ1n) is 9.42. The van der Waals surface area contributed by atoms with Crippen LogP contribution in [0.25, 0.3) is 0 Å². The van der Waals surface area contributed by atoms with E-state index in [1.165, 1.54) is 34.7 Å². The molecular formula is C20H27N3OS. The standard InChI is InChI=1S/C20H27N3OS/c1-3-9-21-17(5-1)15-22-10-12-23(13-11-22)16-18-7-8-20(25-18)19-6-2-4-14-24-19/h1,3,5,7-9,19H,2,4,6,10-16H2/t19-/m1/s1. The molecule has 4 nitrogen and oxygen atoms in total. The fourth-order valence-electron chi connectivity index (χ4n) is 3.66. The molecule has 0 saturated carbocycles. The molecule has 2 saturated heterocycles. The first-order chi connectivity index (χ1) is 12.4. The van der Waals surface area contributed by atoms with Gasteiger partial charge in [-0.05, 0) is 43.5 Å². The minimum absolute atomic E-state index is 0.350. The molecule has 0 aliphatic carbocycles. The van der Waals surface area contributed by atoms with Gasteiger partial charge >= 0.3 is 0 Å². The minimum atomic E-state index is 0.350. The lowest BCUT2D eigenvalue weighted by atomic mass is 10.1. The van der Waals surface area contributed by atoms with Gasteiger partial charge in [-0.25, -0.2) is 0 Å². The predicted octanol–water partition coefficient (Wildman–Crippen LogP) is 3.70. The van der Waals surface area contributed by atoms with Gasteiger partial charge < -0.3 is 4.74 Å². The molecule has 0 N–H and O–H groups in total. The largest absolute Gasteiger partial charge is 0.373 e. The van der Waals surface area contributed by atoms with E-state index in [-0.39, 0.29) is 0 Å². The Morgan fingerprint density at radius 2 is 1.84 bits per heavy atom. The first-order valence-corrected chi connectivity index (χ1v) is 10.2. The van der Waals surface area contributed by atoms with E-state index < -0.39 is 0 Å². The van der Waals surface area contributed by atoms with Crippen LogP contribution in [-0.4, -0.2) is 47.6 Å². The molecule has 2 aliphatic rings. The molecule has 5 heteroatoms. The maximum absolute atomic E-state index is 5.92. The van der Waals surface area contributed by atoms with Gasteiger partial charge in [-0.2, -0.15) is 0 Å². The molecule has 0 aromatic carbocycles. The topological polar surface area (TPSA) is 28.6 Å². The van der Waals surface area contributed by atoms with Crippen molar-refractivity contribution in [3.05, 3.63) is 52.0 Å². The van der Waals surface area contributed by atoms with E-state index >= 15 is 0 Å². The van der Waals surface area contributed by atoms with Crippen molar-refractivity contribution in [1.29, 1.82) is 0 Å². The Morgan fingerprint density at radius 1 is 1.00 bits per heavy atom. The summed E-state index contributed by atoms with van der Waals surface area (Å²) >= 11 is 1.95. The third-order valence-electron chi connectivity index (χ3n) is 5.14. The van der Waals surface area contributed by atoms with E-state index in [1.54, 1.807) is 0 Å². The molecule has 0 bridgehead atoms. The smallest absolute Gasteiger partial charge is 0.0916 e. The number of rotatable bonds is 5. The van der Waals surface area contributed by atoms with Gasteiger partial charge in [-0.3, -0.25) is 14.8 Å². The van der Waals surface area contributed by atoms with Crippen molar-refractivity contribution in [3.63, 3.8) is 0 Å². The Morgan fingerprint density at radius 3 is 2.56 bits per heavy atom. The van der Waals surface area contributed by atoms with E-state index in [9.17, 15) is 0 Å². The third kappa shape index (κ3) is 4.67. The van der Waals surface area contributed by atoms with Crippen LogP contribution < -0.4 is 0 Å². The number of aromatic nitrogens is 1. The Bertz CT molecular complexity index is 646. The molecular weight excluding hydrogens is 330 g/mol. The van der Waals surface area contributed by atoms with Crippen LogP contribution in [0, 0.1) is 0 Å². The Kier molecular flexibility index (Phi) is 5.77. The van der Waals surface area contributed by atoms with Gasteiger partial charge in [0, 0.05) is 61.8 Å². The summed E-state index contributed by atoms with van der Waals surface area (Å²) in [6.07, 6.45) is 5.94. The zero-order valence-corrected chi connectivity index (χ0v) is 15.6. The zero-order valence-electron chi connectivity index (χ0n) is 14.8. The van der Waals surface area contributed by atoms with Gasteiger partial charge in [-0.15, -0.1) is 11.3 Å². The van der Waals surface area contributed by atoms with Crippen LogP contribution in [0.1, 0.15) is 40.8 Å². The lowest BCUT2D eigenvalue weighted by Gasteiger charge is -2.34. The molecule has 2 aliphatic heterocycles. The van der Waals surface area contributed by atoms with E-state index in [0.29, 0.717) is 6.10 Å². The summed E-state index contributed by atoms with van der Waals surface area (Å²) in [5, 5.41) is 0. The molecule has 1 atom stereocenters. The lowest BCUT2D eigenvalue weighted by molar-refractivity contribution is 0.0172. The second kappa shape index (κ2) is 8.41. The molecule has 0 amide bonds. The Hall–Kier alpha value is -1.27. The maximum Gasteiger partial charge on any atom is 0.0916 e. The van der Waals surface area contributed by atoms with Crippen molar-refractivity contribution in [2.75, 3.05) is 32.8 Å². The number of piperazine rings is 1. The van der Waals surface area contributed by atoms with Crippen molar-refractivity contribution in [3.8, 4) is 0 Å². The molecule has 0 unspecified atom stereocenters. The van der Waals surface area contributed by atoms with Gasteiger partial charge in [0.25, 0.3) is 0 Å². The second-order valence-electron chi connectivity index (χ2n) is 7.03. The summed E-state index contributed by atoms with van der Waals surface area (Å²) in [5.74, 6) is 0. The van der Waals surface area contributed by atoms with Crippen LogP contribution in [0.3, 0.4) is 0 Å². The zero-order chi connectivity index (χ0) is 16.9. The van der Waals surface area contributed by atoms with E-state index in [2.05, 4.69) is 39.0 Å². The highest BCUT2D eigenvalue weighted by Crippen LogP contribution is 2.33. The molecule has 25 heavy (non-hydrogen) atoms. The van der Waals surface area contributed by atoms with Crippen LogP contribution in [0.2, 0.25) is 0 Å². The number of hydrogen-bond acceptors (Lipinski definition) is 5. The van der Waals surface area contributed by atoms with Crippen molar-refractivity contribution in [2.24, 2.45) is 0 Å². The van der Waals surface area contributed by atoms with Crippen molar-refractivity contribution in [2.45, 2.75) is 38.5 Å². The van der Waals surface area contributed by atoms with Crippen LogP contribution >= 0.6 is 11.3 Å². The van der Waals surface area contributed by atoms with E-state index in [4.69, 9.17) is 4.74 Å². The summed E-state index contributed by atoms with van der Waals surface area (Å²) in [7, 11) is 0. The number of hydrogen-bond donors (Lipinski definition) is 0. The van der Waals surface area contributed by atoms with Crippen LogP contribution in [0.4, 0.5) is 0 Å². The fourth-order valence-corrected chi connectivity index (χ4v) is 4.80. The second-order valence-corrected chi connectivity index (χ2v) is 8.23. The van der Waals surface area contributed by atoms with Crippen molar-refractivity contribution >= 4 is 11.3 Å². The van der Waals surface area contributed by atoms with Crippen LogP contribution in [-0.2, 0) is 17.8 Å². The number of thiophene rings is 1. The maximum atomic E-state index is 5.92. The molecule has 2 aromatic heterocycles. The highest BCUT2D eigenvalue weighted by atomic mass is 32.1. The monoisotopic (exact) mass is 357 g/mol. The summed E-state index contributed by atoms with van der Waals surface area (Å²) in [5.41, 5.74) is 1.17. The molecule has 2 fully saturated rings. The molecule has 134 valence electrons. The highest BCUT2D eigenvalue weighted by molar-refractivity contribution is 7.12. The molecule has 0 radical (unpaired) electrons. The van der Waals surface area contributed by atoms with Gasteiger partial charge in [0.1, 0.15) is 0 Å². The lowest BCUT2D eigenvalue weighted by Crippen LogP contribution is -2.45. The van der Waals surface area contributed by atoms with E-state index in [0.717, 1.165) is 45.9 Å². The summed E-state index contributed by atoms with van der Waals surface area (Å²) in [6, 6.07) is 10.8. The van der Waals surface area contributed by atoms with Gasteiger partial charge in [-0.1, -0.05) is 6.07 Å². The Balaban J connectivity index is 1.25. The number of nitrogens with zero attached hydrogens (tertiary/aromatic N) is 3. The first kappa shape index (κ1) is 17.2. The molecule has 4 rings (SSSR count). The van der Waals surface area contributed by atoms with Gasteiger partial charge in [0.05, 0.1) is 11.8 Å². The van der Waals surface area contributed by atoms with E-state index in [1.807, 2.05) is 23.6 Å². The summed E-state index contributed by atoms with van der Waals surface area (Å²) in [6.45, 7) is 7.50. The van der Waals surface area contributed by atoms with Gasteiger partial charge in [0.2, 0.25) is 0 Å². The quantitative estimate of drug-likeness (QED) is 0.816. The average Bonchev–Trinajstić information content (AvgIpc) is 3.14. The highest BCUT2D eigenvalue weighted by Gasteiger charge is 2.20. The predicted molar refractivity (Wildman–Crippen MR) is 102 cm³/mol. The fraction of sp³-hybridized carbons (Fsp3) is 0.550. The number of ether oxygens (including phenoxy) is 1. The van der Waals surface area contributed by atoms with Crippen molar-refractivity contribution in [1.82, 2.24) is 14.8 Å². The average molecular weight is 358 g/mol. The minimum Gasteiger partial charge on any atom is -0.373 e. The van der Waals surface area contributed by atoms with Crippen molar-refractivity contribution < 1.29 is 4.74 Å². The summed E-state index contributed by atoms with van der Waals surface area (Å²) in [4.78, 5) is 12.4. The SMILES string of the molecule is c1ccc(CN2CCN(Cc3ccc([C@H]4CCCCO4)s3)CC2)nc1. The molecule has 2 aromatic rings.